The molecule has 7 heteroatoms. The van der Waals surface area contributed by atoms with Crippen LogP contribution >= 0.6 is 0 Å². The minimum atomic E-state index is -0.636. The zero-order valence-electron chi connectivity index (χ0n) is 14.9. The molecule has 1 amide bonds. The van der Waals surface area contributed by atoms with E-state index in [1.807, 2.05) is 44.2 Å². The monoisotopic (exact) mass is 352 g/mol. The summed E-state index contributed by atoms with van der Waals surface area (Å²) in [5.41, 5.74) is 3.31. The SMILES string of the molecule is CCOC(=O)Nc1nc2ccccc2n1C(=N)Oc1ccc(C)cc1C. The number of anilines is 1. The highest BCUT2D eigenvalue weighted by Crippen LogP contribution is 2.23. The van der Waals surface area contributed by atoms with Gasteiger partial charge in [-0.05, 0) is 44.5 Å². The Bertz CT molecular complexity index is 978. The highest BCUT2D eigenvalue weighted by Gasteiger charge is 2.18. The van der Waals surface area contributed by atoms with Gasteiger partial charge in [-0.25, -0.2) is 14.3 Å². The number of fused-ring (bicyclic) bond motifs is 1. The molecule has 134 valence electrons. The van der Waals surface area contributed by atoms with E-state index in [2.05, 4.69) is 10.3 Å². The minimum Gasteiger partial charge on any atom is -0.450 e. The molecule has 0 radical (unpaired) electrons. The Morgan fingerprint density at radius 3 is 2.73 bits per heavy atom. The second kappa shape index (κ2) is 7.26. The molecule has 0 saturated heterocycles. The number of nitrogens with one attached hydrogen (secondary N) is 2. The fourth-order valence-electron chi connectivity index (χ4n) is 2.64. The molecular weight excluding hydrogens is 332 g/mol. The van der Waals surface area contributed by atoms with Crippen LogP contribution in [0.1, 0.15) is 18.1 Å². The highest BCUT2D eigenvalue weighted by atomic mass is 16.5. The Morgan fingerprint density at radius 2 is 2.00 bits per heavy atom. The van der Waals surface area contributed by atoms with Crippen LogP contribution in [-0.2, 0) is 4.74 Å². The van der Waals surface area contributed by atoms with E-state index in [4.69, 9.17) is 14.9 Å². The molecule has 2 aromatic carbocycles. The number of para-hydroxylation sites is 2. The first-order valence-electron chi connectivity index (χ1n) is 8.25. The van der Waals surface area contributed by atoms with E-state index in [9.17, 15) is 4.79 Å². The van der Waals surface area contributed by atoms with Crippen molar-refractivity contribution in [3.05, 3.63) is 53.6 Å². The van der Waals surface area contributed by atoms with Gasteiger partial charge in [0.2, 0.25) is 5.95 Å². The van der Waals surface area contributed by atoms with Crippen LogP contribution in [0.4, 0.5) is 10.7 Å². The van der Waals surface area contributed by atoms with Crippen molar-refractivity contribution in [2.45, 2.75) is 20.8 Å². The average molecular weight is 352 g/mol. The van der Waals surface area contributed by atoms with Crippen LogP contribution in [0.25, 0.3) is 11.0 Å². The van der Waals surface area contributed by atoms with Gasteiger partial charge >= 0.3 is 12.1 Å². The second-order valence-corrected chi connectivity index (χ2v) is 5.78. The molecule has 3 aromatic rings. The molecule has 26 heavy (non-hydrogen) atoms. The predicted octanol–water partition coefficient (Wildman–Crippen LogP) is 4.08. The molecule has 0 aliphatic rings. The van der Waals surface area contributed by atoms with Crippen molar-refractivity contribution in [3.8, 4) is 5.75 Å². The standard InChI is InChI=1S/C19H20N4O3/c1-4-25-19(24)22-18-21-14-7-5-6-8-15(14)23(18)17(20)26-16-10-9-12(2)11-13(16)3/h5-11,20H,4H2,1-3H3,(H,21,22,24). The third-order valence-electron chi connectivity index (χ3n) is 3.79. The molecule has 0 saturated carbocycles. The summed E-state index contributed by atoms with van der Waals surface area (Å²) in [5, 5.41) is 11.0. The molecule has 3 rings (SSSR count). The second-order valence-electron chi connectivity index (χ2n) is 5.78. The molecule has 0 fully saturated rings. The Morgan fingerprint density at radius 1 is 1.23 bits per heavy atom. The number of ether oxygens (including phenoxy) is 2. The van der Waals surface area contributed by atoms with E-state index in [0.29, 0.717) is 16.8 Å². The van der Waals surface area contributed by atoms with E-state index in [0.717, 1.165) is 11.1 Å². The van der Waals surface area contributed by atoms with Gasteiger partial charge in [-0.3, -0.25) is 10.7 Å². The lowest BCUT2D eigenvalue weighted by molar-refractivity contribution is 0.167. The minimum absolute atomic E-state index is 0.166. The van der Waals surface area contributed by atoms with Crippen molar-refractivity contribution >= 4 is 29.1 Å². The lowest BCUT2D eigenvalue weighted by atomic mass is 10.1. The van der Waals surface area contributed by atoms with Crippen molar-refractivity contribution < 1.29 is 14.3 Å². The van der Waals surface area contributed by atoms with Gasteiger partial charge in [0.25, 0.3) is 0 Å². The molecule has 2 N–H and O–H groups in total. The van der Waals surface area contributed by atoms with Crippen molar-refractivity contribution in [2.75, 3.05) is 11.9 Å². The average Bonchev–Trinajstić information content (AvgIpc) is 2.95. The summed E-state index contributed by atoms with van der Waals surface area (Å²) in [7, 11) is 0. The smallest absolute Gasteiger partial charge is 0.413 e. The number of aryl methyl sites for hydroxylation is 2. The van der Waals surface area contributed by atoms with E-state index in [1.165, 1.54) is 4.57 Å². The van der Waals surface area contributed by atoms with E-state index >= 15 is 0 Å². The number of amides is 1. The van der Waals surface area contributed by atoms with Gasteiger partial charge in [-0.2, -0.15) is 0 Å². The van der Waals surface area contributed by atoms with Crippen LogP contribution in [0.2, 0.25) is 0 Å². The lowest BCUT2D eigenvalue weighted by Gasteiger charge is -2.13. The topological polar surface area (TPSA) is 89.2 Å². The number of hydrogen-bond donors (Lipinski definition) is 2. The highest BCUT2D eigenvalue weighted by molar-refractivity contribution is 5.95. The Kier molecular flexibility index (Phi) is 4.88. The lowest BCUT2D eigenvalue weighted by Crippen LogP contribution is -2.23. The first-order valence-corrected chi connectivity index (χ1v) is 8.25. The number of aromatic nitrogens is 2. The normalized spacial score (nSPS) is 10.6. The quantitative estimate of drug-likeness (QED) is 0.549. The molecule has 0 aliphatic carbocycles. The van der Waals surface area contributed by atoms with Gasteiger partial charge in [0, 0.05) is 0 Å². The number of carbonyl (C=O) groups excluding carboxylic acids is 1. The molecular formula is C19H20N4O3. The largest absolute Gasteiger partial charge is 0.450 e. The number of carbonyl (C=O) groups is 1. The number of nitrogens with zero attached hydrogens (tertiary/aromatic N) is 2. The number of imidazole rings is 1. The molecule has 0 bridgehead atoms. The molecule has 0 aliphatic heterocycles. The molecule has 0 spiro atoms. The van der Waals surface area contributed by atoms with Gasteiger partial charge in [-0.15, -0.1) is 0 Å². The van der Waals surface area contributed by atoms with Gasteiger partial charge in [0.1, 0.15) is 5.75 Å². The summed E-state index contributed by atoms with van der Waals surface area (Å²) in [6, 6.07) is 12.8. The zero-order chi connectivity index (χ0) is 18.7. The molecule has 7 nitrogen and oxygen atoms in total. The van der Waals surface area contributed by atoms with Crippen molar-refractivity contribution in [3.63, 3.8) is 0 Å². The first kappa shape index (κ1) is 17.5. The van der Waals surface area contributed by atoms with E-state index in [1.54, 1.807) is 19.1 Å². The Hall–Kier alpha value is -3.35. The Labute approximate surface area is 151 Å². The molecule has 0 atom stereocenters. The number of rotatable bonds is 3. The van der Waals surface area contributed by atoms with Crippen molar-refractivity contribution in [2.24, 2.45) is 0 Å². The van der Waals surface area contributed by atoms with Gasteiger partial charge in [0.05, 0.1) is 17.6 Å². The maximum Gasteiger partial charge on any atom is 0.413 e. The number of benzene rings is 2. The molecule has 0 unspecified atom stereocenters. The number of hydrogen-bond acceptors (Lipinski definition) is 5. The summed E-state index contributed by atoms with van der Waals surface area (Å²) in [4.78, 5) is 16.2. The van der Waals surface area contributed by atoms with Gasteiger partial charge in [-0.1, -0.05) is 29.8 Å². The fraction of sp³-hybridized carbons (Fsp3) is 0.211. The summed E-state index contributed by atoms with van der Waals surface area (Å²) < 4.78 is 12.1. The van der Waals surface area contributed by atoms with Crippen LogP contribution in [0, 0.1) is 19.3 Å². The predicted molar refractivity (Wildman–Crippen MR) is 100 cm³/mol. The van der Waals surface area contributed by atoms with Crippen LogP contribution in [0.15, 0.2) is 42.5 Å². The first-order chi connectivity index (χ1) is 12.5. The third-order valence-corrected chi connectivity index (χ3v) is 3.79. The molecule has 1 heterocycles. The van der Waals surface area contributed by atoms with E-state index in [-0.39, 0.29) is 18.6 Å². The summed E-state index contributed by atoms with van der Waals surface area (Å²) in [6.07, 6.45) is -0.636. The van der Waals surface area contributed by atoms with Crippen LogP contribution in [0.3, 0.4) is 0 Å². The van der Waals surface area contributed by atoms with Crippen molar-refractivity contribution in [1.82, 2.24) is 9.55 Å². The summed E-state index contributed by atoms with van der Waals surface area (Å²) in [5.74, 6) is 0.736. The van der Waals surface area contributed by atoms with Crippen LogP contribution in [-0.4, -0.2) is 28.3 Å². The maximum absolute atomic E-state index is 11.8. The maximum atomic E-state index is 11.8. The van der Waals surface area contributed by atoms with Gasteiger partial charge < -0.3 is 9.47 Å². The summed E-state index contributed by atoms with van der Waals surface area (Å²) in [6.45, 7) is 5.86. The van der Waals surface area contributed by atoms with Crippen LogP contribution < -0.4 is 10.1 Å². The Balaban J connectivity index is 1.98. The van der Waals surface area contributed by atoms with Crippen molar-refractivity contribution in [1.29, 1.82) is 5.41 Å². The third kappa shape index (κ3) is 3.51. The van der Waals surface area contributed by atoms with Gasteiger partial charge in [0.15, 0.2) is 0 Å². The van der Waals surface area contributed by atoms with Crippen LogP contribution in [0.5, 0.6) is 5.75 Å². The fourth-order valence-corrected chi connectivity index (χ4v) is 2.64. The zero-order valence-corrected chi connectivity index (χ0v) is 14.9. The molecule has 1 aromatic heterocycles. The summed E-state index contributed by atoms with van der Waals surface area (Å²) >= 11 is 0. The van der Waals surface area contributed by atoms with E-state index < -0.39 is 6.09 Å².